The van der Waals surface area contributed by atoms with Gasteiger partial charge in [-0.1, -0.05) is 0 Å². The highest BCUT2D eigenvalue weighted by Crippen LogP contribution is 2.09. The molecule has 0 saturated heterocycles. The van der Waals surface area contributed by atoms with E-state index in [2.05, 4.69) is 9.98 Å². The number of nitrogens with one attached hydrogen (secondary N) is 1. The summed E-state index contributed by atoms with van der Waals surface area (Å²) < 4.78 is 1.53. The third-order valence-electron chi connectivity index (χ3n) is 1.63. The van der Waals surface area contributed by atoms with Gasteiger partial charge in [0.25, 0.3) is 0 Å². The van der Waals surface area contributed by atoms with Crippen LogP contribution in [0.1, 0.15) is 12.6 Å². The van der Waals surface area contributed by atoms with Crippen LogP contribution in [0.15, 0.2) is 9.79 Å². The van der Waals surface area contributed by atoms with Crippen LogP contribution < -0.4 is 5.69 Å². The summed E-state index contributed by atoms with van der Waals surface area (Å²) in [5.41, 5.74) is 0.733. The lowest BCUT2D eigenvalue weighted by atomic mass is 10.5. The topological polar surface area (TPSA) is 50.1 Å². The van der Waals surface area contributed by atoms with Crippen molar-refractivity contribution >= 4 is 12.0 Å². The van der Waals surface area contributed by atoms with Crippen molar-refractivity contribution in [1.29, 1.82) is 0 Å². The highest BCUT2D eigenvalue weighted by molar-refractivity contribution is 5.59. The maximum absolute atomic E-state index is 11.0. The molecule has 0 spiro atoms. The SMILES string of the molecule is CC=Nc1[nH]c(=O)n(C)c1C. The summed E-state index contributed by atoms with van der Waals surface area (Å²) in [6.45, 7) is 3.66. The van der Waals surface area contributed by atoms with E-state index in [0.29, 0.717) is 5.82 Å². The maximum atomic E-state index is 11.0. The first-order valence-corrected chi connectivity index (χ1v) is 3.41. The van der Waals surface area contributed by atoms with E-state index in [1.165, 1.54) is 4.57 Å². The van der Waals surface area contributed by atoms with Crippen molar-refractivity contribution in [3.05, 3.63) is 16.2 Å². The first kappa shape index (κ1) is 7.78. The number of H-pyrrole nitrogens is 1. The number of hydrogen-bond donors (Lipinski definition) is 1. The summed E-state index contributed by atoms with van der Waals surface area (Å²) in [5, 5.41) is 0. The Morgan fingerprint density at radius 2 is 2.27 bits per heavy atom. The average Bonchev–Trinajstić information content (AvgIpc) is 2.19. The number of aromatic amines is 1. The highest BCUT2D eigenvalue weighted by Gasteiger charge is 2.02. The fourth-order valence-corrected chi connectivity index (χ4v) is 0.842. The Morgan fingerprint density at radius 3 is 2.64 bits per heavy atom. The Hall–Kier alpha value is -1.32. The molecule has 0 amide bonds. The summed E-state index contributed by atoms with van der Waals surface area (Å²) in [6.07, 6.45) is 1.65. The van der Waals surface area contributed by atoms with E-state index >= 15 is 0 Å². The standard InChI is InChI=1S/C7H11N3O/c1-4-8-6-5(2)10(3)7(11)9-6/h4H,1-3H3,(H,9,11). The van der Waals surface area contributed by atoms with E-state index in [-0.39, 0.29) is 5.69 Å². The lowest BCUT2D eigenvalue weighted by Crippen LogP contribution is -2.12. The lowest BCUT2D eigenvalue weighted by molar-refractivity contribution is 0.830. The van der Waals surface area contributed by atoms with Crippen molar-refractivity contribution in [3.63, 3.8) is 0 Å². The minimum Gasteiger partial charge on any atom is -0.298 e. The third-order valence-corrected chi connectivity index (χ3v) is 1.63. The fourth-order valence-electron chi connectivity index (χ4n) is 0.842. The maximum Gasteiger partial charge on any atom is 0.327 e. The van der Waals surface area contributed by atoms with Gasteiger partial charge in [0.15, 0.2) is 5.82 Å². The van der Waals surface area contributed by atoms with Crippen molar-refractivity contribution < 1.29 is 0 Å². The molecule has 0 saturated carbocycles. The number of imidazole rings is 1. The number of aliphatic imine (C=N–C) groups is 1. The summed E-state index contributed by atoms with van der Waals surface area (Å²) in [5.74, 6) is 0.639. The highest BCUT2D eigenvalue weighted by atomic mass is 16.1. The molecule has 1 aromatic heterocycles. The fraction of sp³-hybridized carbons (Fsp3) is 0.429. The first-order chi connectivity index (χ1) is 5.16. The Kier molecular flexibility index (Phi) is 1.94. The van der Waals surface area contributed by atoms with Gasteiger partial charge >= 0.3 is 5.69 Å². The van der Waals surface area contributed by atoms with Crippen LogP contribution in [0.25, 0.3) is 0 Å². The number of rotatable bonds is 1. The van der Waals surface area contributed by atoms with E-state index < -0.39 is 0 Å². The predicted octanol–water partition coefficient (Wildman–Crippen LogP) is 0.744. The molecule has 4 heteroatoms. The van der Waals surface area contributed by atoms with Gasteiger partial charge in [0.1, 0.15) is 0 Å². The second-order valence-corrected chi connectivity index (χ2v) is 2.31. The van der Waals surface area contributed by atoms with Crippen LogP contribution in [-0.2, 0) is 7.05 Å². The quantitative estimate of drug-likeness (QED) is 0.594. The summed E-state index contributed by atoms with van der Waals surface area (Å²) in [7, 11) is 1.71. The van der Waals surface area contributed by atoms with E-state index in [0.717, 1.165) is 5.69 Å². The van der Waals surface area contributed by atoms with Gasteiger partial charge in [0.2, 0.25) is 0 Å². The lowest BCUT2D eigenvalue weighted by Gasteiger charge is -1.91. The van der Waals surface area contributed by atoms with Crippen molar-refractivity contribution in [2.24, 2.45) is 12.0 Å². The summed E-state index contributed by atoms with van der Waals surface area (Å²) >= 11 is 0. The van der Waals surface area contributed by atoms with Gasteiger partial charge in [-0.2, -0.15) is 0 Å². The zero-order valence-electron chi connectivity index (χ0n) is 6.88. The molecular weight excluding hydrogens is 142 g/mol. The minimum atomic E-state index is -0.122. The smallest absolute Gasteiger partial charge is 0.298 e. The van der Waals surface area contributed by atoms with Crippen LogP contribution in [0.3, 0.4) is 0 Å². The van der Waals surface area contributed by atoms with Crippen molar-refractivity contribution in [3.8, 4) is 0 Å². The molecule has 1 rings (SSSR count). The molecule has 4 nitrogen and oxygen atoms in total. The molecule has 0 aromatic carbocycles. The molecule has 1 N–H and O–H groups in total. The molecule has 0 radical (unpaired) electrons. The average molecular weight is 153 g/mol. The van der Waals surface area contributed by atoms with Gasteiger partial charge < -0.3 is 0 Å². The zero-order valence-corrected chi connectivity index (χ0v) is 6.88. The molecule has 0 aliphatic carbocycles. The Bertz CT molecular complexity index is 332. The van der Waals surface area contributed by atoms with Gasteiger partial charge in [-0.25, -0.2) is 9.79 Å². The molecule has 0 fully saturated rings. The monoisotopic (exact) mass is 153 g/mol. The summed E-state index contributed by atoms with van der Waals surface area (Å²) in [6, 6.07) is 0. The Morgan fingerprint density at radius 1 is 1.64 bits per heavy atom. The number of aromatic nitrogens is 2. The zero-order chi connectivity index (χ0) is 8.43. The second-order valence-electron chi connectivity index (χ2n) is 2.31. The van der Waals surface area contributed by atoms with Gasteiger partial charge in [0.05, 0.1) is 5.69 Å². The van der Waals surface area contributed by atoms with Crippen LogP contribution >= 0.6 is 0 Å². The molecular formula is C7H11N3O. The molecule has 0 unspecified atom stereocenters. The van der Waals surface area contributed by atoms with Gasteiger partial charge in [-0.15, -0.1) is 0 Å². The molecule has 0 aliphatic rings. The van der Waals surface area contributed by atoms with E-state index in [1.54, 1.807) is 13.3 Å². The van der Waals surface area contributed by atoms with Crippen molar-refractivity contribution in [2.75, 3.05) is 0 Å². The number of hydrogen-bond acceptors (Lipinski definition) is 2. The van der Waals surface area contributed by atoms with Crippen LogP contribution in [0.5, 0.6) is 0 Å². The molecule has 60 valence electrons. The summed E-state index contributed by atoms with van der Waals surface area (Å²) in [4.78, 5) is 17.6. The molecule has 1 aromatic rings. The van der Waals surface area contributed by atoms with Crippen LogP contribution in [0.2, 0.25) is 0 Å². The molecule has 0 aliphatic heterocycles. The molecule has 11 heavy (non-hydrogen) atoms. The normalized spacial score (nSPS) is 11.2. The molecule has 1 heterocycles. The van der Waals surface area contributed by atoms with Gasteiger partial charge in [-0.3, -0.25) is 9.55 Å². The van der Waals surface area contributed by atoms with E-state index in [9.17, 15) is 4.79 Å². The minimum absolute atomic E-state index is 0.122. The van der Waals surface area contributed by atoms with Gasteiger partial charge in [0, 0.05) is 13.3 Å². The second kappa shape index (κ2) is 2.74. The van der Waals surface area contributed by atoms with Gasteiger partial charge in [-0.05, 0) is 13.8 Å². The van der Waals surface area contributed by atoms with E-state index in [1.807, 2.05) is 13.8 Å². The van der Waals surface area contributed by atoms with Crippen molar-refractivity contribution in [2.45, 2.75) is 13.8 Å². The number of nitrogens with zero attached hydrogens (tertiary/aromatic N) is 2. The Labute approximate surface area is 64.6 Å². The predicted molar refractivity (Wildman–Crippen MR) is 44.6 cm³/mol. The van der Waals surface area contributed by atoms with E-state index in [4.69, 9.17) is 0 Å². The Balaban J connectivity index is 3.30. The third kappa shape index (κ3) is 1.24. The van der Waals surface area contributed by atoms with Crippen LogP contribution in [0.4, 0.5) is 5.82 Å². The largest absolute Gasteiger partial charge is 0.327 e. The van der Waals surface area contributed by atoms with Crippen molar-refractivity contribution in [1.82, 2.24) is 9.55 Å². The van der Waals surface area contributed by atoms with Crippen LogP contribution in [-0.4, -0.2) is 15.8 Å². The van der Waals surface area contributed by atoms with Crippen LogP contribution in [0, 0.1) is 6.92 Å². The molecule has 0 bridgehead atoms. The molecule has 0 atom stereocenters. The first-order valence-electron chi connectivity index (χ1n) is 3.41.